The van der Waals surface area contributed by atoms with Crippen molar-refractivity contribution in [3.8, 4) is 33.4 Å². The summed E-state index contributed by atoms with van der Waals surface area (Å²) >= 11 is 0. The highest BCUT2D eigenvalue weighted by molar-refractivity contribution is 6.30. The van der Waals surface area contributed by atoms with Crippen molar-refractivity contribution in [2.24, 2.45) is 0 Å². The molecule has 0 aliphatic heterocycles. The lowest BCUT2D eigenvalue weighted by molar-refractivity contribution is 0.669. The maximum Gasteiger partial charge on any atom is 0.160 e. The number of rotatable bonds is 9. The monoisotopic (exact) mass is 1120 g/mol. The maximum absolute atomic E-state index is 7.24. The van der Waals surface area contributed by atoms with E-state index in [-0.39, 0.29) is 0 Å². The average Bonchev–Trinajstić information content (AvgIpc) is 1.62. The van der Waals surface area contributed by atoms with E-state index < -0.39 is 0 Å². The van der Waals surface area contributed by atoms with E-state index in [9.17, 15) is 0 Å². The minimum atomic E-state index is 0.839. The Labute approximate surface area is 507 Å². The fourth-order valence-corrected chi connectivity index (χ4v) is 14.1. The average molecular weight is 1120 g/mol. The number of furan rings is 2. The van der Waals surface area contributed by atoms with Crippen molar-refractivity contribution in [3.63, 3.8) is 0 Å². The first-order valence-electron chi connectivity index (χ1n) is 30.1. The van der Waals surface area contributed by atoms with E-state index >= 15 is 0 Å². The molecule has 18 aromatic rings. The summed E-state index contributed by atoms with van der Waals surface area (Å²) in [5.41, 5.74) is 16.4. The van der Waals surface area contributed by atoms with Crippen molar-refractivity contribution in [3.05, 3.63) is 315 Å². The second-order valence-electron chi connectivity index (χ2n) is 23.1. The zero-order valence-electron chi connectivity index (χ0n) is 47.7. The van der Waals surface area contributed by atoms with Gasteiger partial charge in [-0.25, -0.2) is 0 Å². The third-order valence-corrected chi connectivity index (χ3v) is 18.2. The van der Waals surface area contributed by atoms with E-state index in [0.29, 0.717) is 0 Å². The molecule has 16 aromatic carbocycles. The van der Waals surface area contributed by atoms with Crippen molar-refractivity contribution in [1.29, 1.82) is 0 Å². The van der Waals surface area contributed by atoms with Crippen LogP contribution in [0.5, 0.6) is 0 Å². The zero-order valence-corrected chi connectivity index (χ0v) is 47.7. The van der Waals surface area contributed by atoms with Crippen LogP contribution in [0.3, 0.4) is 0 Å². The van der Waals surface area contributed by atoms with Crippen molar-refractivity contribution >= 4 is 143 Å². The van der Waals surface area contributed by atoms with Gasteiger partial charge in [0.25, 0.3) is 0 Å². The molecule has 0 saturated heterocycles. The highest BCUT2D eigenvalue weighted by Crippen LogP contribution is 2.51. The summed E-state index contributed by atoms with van der Waals surface area (Å²) in [4.78, 5) is 4.83. The van der Waals surface area contributed by atoms with Gasteiger partial charge in [-0.3, -0.25) is 0 Å². The van der Waals surface area contributed by atoms with Crippen LogP contribution >= 0.6 is 0 Å². The number of anilines is 6. The minimum absolute atomic E-state index is 0.839. The standard InChI is InChI=1S/C84H52N2O2/c1-3-17-53(18-4-1)55-31-39-63(40-32-55)85(75-52-79-82(71-30-16-15-29-70(71)75)80-67-26-12-9-21-57(67)37-47-77(80)87-79)64-43-35-59(36-44-64)66-45-46-74(73-50-61-24-8-7-23-60(61)49-72(66)73)86(65-41-33-56(34-42-65)54-19-5-2-6-20-54)76-51-62-25-11-14-28-69(62)83-81-68-27-13-10-22-58(68)38-48-78(81)88-84(76)83/h1-52H. The lowest BCUT2D eigenvalue weighted by atomic mass is 9.93. The van der Waals surface area contributed by atoms with Crippen LogP contribution < -0.4 is 9.80 Å². The molecule has 0 aliphatic rings. The van der Waals surface area contributed by atoms with Gasteiger partial charge in [-0.15, -0.1) is 0 Å². The number of hydrogen-bond donors (Lipinski definition) is 0. The highest BCUT2D eigenvalue weighted by atomic mass is 16.3. The summed E-state index contributed by atoms with van der Waals surface area (Å²) in [5, 5.41) is 18.4. The summed E-state index contributed by atoms with van der Waals surface area (Å²) in [6, 6.07) is 115. The Morgan fingerprint density at radius 2 is 0.636 bits per heavy atom. The number of benzene rings is 16. The molecule has 0 atom stereocenters. The Bertz CT molecular complexity index is 5790. The van der Waals surface area contributed by atoms with Crippen molar-refractivity contribution in [2.45, 2.75) is 0 Å². The Morgan fingerprint density at radius 1 is 0.205 bits per heavy atom. The van der Waals surface area contributed by atoms with E-state index in [1.807, 2.05) is 0 Å². The summed E-state index contributed by atoms with van der Waals surface area (Å²) in [7, 11) is 0. The molecule has 88 heavy (non-hydrogen) atoms. The lowest BCUT2D eigenvalue weighted by Crippen LogP contribution is -2.11. The van der Waals surface area contributed by atoms with Crippen LogP contribution in [0.4, 0.5) is 34.1 Å². The zero-order chi connectivity index (χ0) is 57.8. The minimum Gasteiger partial charge on any atom is -0.456 e. The Balaban J connectivity index is 0.840. The summed E-state index contributed by atoms with van der Waals surface area (Å²) in [5.74, 6) is 0. The second-order valence-corrected chi connectivity index (χ2v) is 23.1. The molecule has 18 rings (SSSR count). The molecule has 4 nitrogen and oxygen atoms in total. The SMILES string of the molecule is c1ccc(-c2ccc(N(c3ccc(-c4ccc(N(c5ccc(-c6ccccc6)cc5)c5cc6ccccc6c6c5oc5ccc7ccccc7c56)c5cc6ccccc6cc45)cc3)c3cc4oc5ccc6ccccc6c5c4c4ccccc34)cc2)cc1. The van der Waals surface area contributed by atoms with Crippen LogP contribution in [0, 0.1) is 0 Å². The predicted octanol–water partition coefficient (Wildman–Crippen LogP) is 24.3. The Kier molecular flexibility index (Phi) is 11.3. The summed E-state index contributed by atoms with van der Waals surface area (Å²) in [6.45, 7) is 0. The molecule has 0 N–H and O–H groups in total. The first-order valence-corrected chi connectivity index (χ1v) is 30.1. The van der Waals surface area contributed by atoms with E-state index in [1.54, 1.807) is 0 Å². The van der Waals surface area contributed by atoms with Crippen LogP contribution in [-0.2, 0) is 0 Å². The normalized spacial score (nSPS) is 11.9. The topological polar surface area (TPSA) is 32.8 Å². The van der Waals surface area contributed by atoms with Gasteiger partial charge in [0.05, 0.1) is 17.1 Å². The first-order chi connectivity index (χ1) is 43.6. The molecule has 2 aromatic heterocycles. The molecule has 0 unspecified atom stereocenters. The van der Waals surface area contributed by atoms with Crippen LogP contribution in [-0.4, -0.2) is 0 Å². The lowest BCUT2D eigenvalue weighted by Gasteiger charge is -2.29. The second kappa shape index (κ2) is 20.0. The van der Waals surface area contributed by atoms with Gasteiger partial charge in [-0.05, 0) is 160 Å². The molecule has 0 spiro atoms. The van der Waals surface area contributed by atoms with Crippen LogP contribution in [0.1, 0.15) is 0 Å². The third kappa shape index (κ3) is 7.93. The van der Waals surface area contributed by atoms with E-state index in [2.05, 4.69) is 325 Å². The highest BCUT2D eigenvalue weighted by Gasteiger charge is 2.27. The van der Waals surface area contributed by atoms with Crippen LogP contribution in [0.25, 0.3) is 142 Å². The molecule has 0 radical (unpaired) electrons. The largest absolute Gasteiger partial charge is 0.456 e. The van der Waals surface area contributed by atoms with E-state index in [4.69, 9.17) is 8.83 Å². The molecular weight excluding hydrogens is 1070 g/mol. The van der Waals surface area contributed by atoms with E-state index in [0.717, 1.165) is 138 Å². The number of fused-ring (bicyclic) bond motifs is 16. The van der Waals surface area contributed by atoms with Crippen LogP contribution in [0.2, 0.25) is 0 Å². The summed E-state index contributed by atoms with van der Waals surface area (Å²) < 4.78 is 14.1. The number of hydrogen-bond acceptors (Lipinski definition) is 4. The smallest absolute Gasteiger partial charge is 0.160 e. The van der Waals surface area contributed by atoms with Gasteiger partial charge in [-0.2, -0.15) is 0 Å². The fourth-order valence-electron chi connectivity index (χ4n) is 14.1. The Morgan fingerprint density at radius 3 is 1.23 bits per heavy atom. The van der Waals surface area contributed by atoms with Crippen molar-refractivity contribution in [2.75, 3.05) is 9.80 Å². The predicted molar refractivity (Wildman–Crippen MR) is 372 cm³/mol. The van der Waals surface area contributed by atoms with Gasteiger partial charge in [0.1, 0.15) is 16.7 Å². The van der Waals surface area contributed by atoms with Crippen molar-refractivity contribution in [1.82, 2.24) is 0 Å². The third-order valence-electron chi connectivity index (χ3n) is 18.2. The molecule has 0 aliphatic carbocycles. The fraction of sp³-hybridized carbons (Fsp3) is 0. The van der Waals surface area contributed by atoms with Crippen molar-refractivity contribution < 1.29 is 8.83 Å². The maximum atomic E-state index is 7.24. The molecule has 0 bridgehead atoms. The molecule has 0 amide bonds. The van der Waals surface area contributed by atoms with Gasteiger partial charge in [0, 0.05) is 55.4 Å². The van der Waals surface area contributed by atoms with Gasteiger partial charge in [0.2, 0.25) is 0 Å². The van der Waals surface area contributed by atoms with Gasteiger partial charge in [0.15, 0.2) is 5.58 Å². The molecule has 0 fully saturated rings. The summed E-state index contributed by atoms with van der Waals surface area (Å²) in [6.07, 6.45) is 0. The molecular formula is C84H52N2O2. The first kappa shape index (κ1) is 49.7. The molecule has 2 heterocycles. The van der Waals surface area contributed by atoms with E-state index in [1.165, 1.54) is 38.1 Å². The van der Waals surface area contributed by atoms with Gasteiger partial charge < -0.3 is 18.6 Å². The van der Waals surface area contributed by atoms with Crippen LogP contribution in [0.15, 0.2) is 324 Å². The van der Waals surface area contributed by atoms with Gasteiger partial charge in [-0.1, -0.05) is 237 Å². The van der Waals surface area contributed by atoms with Gasteiger partial charge >= 0.3 is 0 Å². The Hall–Kier alpha value is -11.7. The quantitative estimate of drug-likeness (QED) is 0.135. The molecule has 4 heteroatoms. The number of nitrogens with zero attached hydrogens (tertiary/aromatic N) is 2. The molecule has 410 valence electrons. The molecule has 0 saturated carbocycles.